The lowest BCUT2D eigenvalue weighted by molar-refractivity contribution is 0.127. The summed E-state index contributed by atoms with van der Waals surface area (Å²) < 4.78 is 5.47. The molecule has 0 spiro atoms. The Bertz CT molecular complexity index is 174. The van der Waals surface area contributed by atoms with Crippen molar-refractivity contribution in [1.82, 2.24) is 5.32 Å². The van der Waals surface area contributed by atoms with E-state index in [1.807, 2.05) is 6.92 Å². The molecule has 1 atom stereocenters. The largest absolute Gasteiger partial charge is 0.380 e. The molecule has 1 unspecified atom stereocenters. The summed E-state index contributed by atoms with van der Waals surface area (Å²) in [7, 11) is 0. The Hall–Kier alpha value is -0.520. The molecular weight excluding hydrogens is 162 g/mol. The molecule has 0 aromatic heterocycles. The van der Waals surface area contributed by atoms with Gasteiger partial charge in [0.2, 0.25) is 0 Å². The molecule has 1 N–H and O–H groups in total. The van der Waals surface area contributed by atoms with Gasteiger partial charge in [0.1, 0.15) is 0 Å². The van der Waals surface area contributed by atoms with E-state index >= 15 is 0 Å². The minimum atomic E-state index is 0.793. The van der Waals surface area contributed by atoms with Gasteiger partial charge in [-0.1, -0.05) is 0 Å². The first-order valence-electron chi connectivity index (χ1n) is 5.11. The van der Waals surface area contributed by atoms with Crippen LogP contribution >= 0.6 is 0 Å². The van der Waals surface area contributed by atoms with E-state index in [4.69, 9.17) is 4.74 Å². The molecule has 0 saturated carbocycles. The van der Waals surface area contributed by atoms with Crippen molar-refractivity contribution in [3.8, 4) is 11.8 Å². The van der Waals surface area contributed by atoms with E-state index in [2.05, 4.69) is 17.2 Å². The fourth-order valence-corrected chi connectivity index (χ4v) is 1.56. The van der Waals surface area contributed by atoms with Gasteiger partial charge in [0.25, 0.3) is 0 Å². The van der Waals surface area contributed by atoms with Gasteiger partial charge >= 0.3 is 0 Å². The van der Waals surface area contributed by atoms with Crippen molar-refractivity contribution in [2.24, 2.45) is 5.92 Å². The van der Waals surface area contributed by atoms with E-state index < -0.39 is 0 Å². The van der Waals surface area contributed by atoms with Crippen molar-refractivity contribution < 1.29 is 4.74 Å². The molecule has 1 aliphatic heterocycles. The molecule has 13 heavy (non-hydrogen) atoms. The molecule has 1 heterocycles. The number of rotatable bonds is 5. The zero-order valence-electron chi connectivity index (χ0n) is 8.44. The zero-order chi connectivity index (χ0) is 9.36. The van der Waals surface area contributed by atoms with Crippen molar-refractivity contribution in [2.75, 3.05) is 26.3 Å². The highest BCUT2D eigenvalue weighted by Crippen LogP contribution is 2.11. The molecule has 0 amide bonds. The molecule has 74 valence electrons. The van der Waals surface area contributed by atoms with Crippen LogP contribution in [0.1, 0.15) is 26.2 Å². The van der Waals surface area contributed by atoms with Crippen LogP contribution in [0.4, 0.5) is 0 Å². The van der Waals surface area contributed by atoms with Gasteiger partial charge in [-0.2, -0.15) is 0 Å². The molecule has 0 bridgehead atoms. The fraction of sp³-hybridized carbons (Fsp3) is 0.818. The molecule has 1 fully saturated rings. The molecule has 1 rings (SSSR count). The van der Waals surface area contributed by atoms with Gasteiger partial charge in [-0.05, 0) is 38.8 Å². The highest BCUT2D eigenvalue weighted by Gasteiger charge is 2.13. The van der Waals surface area contributed by atoms with Crippen LogP contribution in [0.25, 0.3) is 0 Å². The third-order valence-electron chi connectivity index (χ3n) is 2.38. The van der Waals surface area contributed by atoms with Crippen molar-refractivity contribution in [2.45, 2.75) is 26.2 Å². The minimum absolute atomic E-state index is 0.793. The average molecular weight is 181 g/mol. The van der Waals surface area contributed by atoms with Gasteiger partial charge in [-0.3, -0.25) is 0 Å². The van der Waals surface area contributed by atoms with Gasteiger partial charge in [-0.25, -0.2) is 0 Å². The first-order valence-corrected chi connectivity index (χ1v) is 5.11. The van der Waals surface area contributed by atoms with Crippen molar-refractivity contribution in [3.05, 3.63) is 0 Å². The van der Waals surface area contributed by atoms with E-state index in [-0.39, 0.29) is 0 Å². The Kier molecular flexibility index (Phi) is 5.64. The lowest BCUT2D eigenvalue weighted by Crippen LogP contribution is -2.10. The topological polar surface area (TPSA) is 21.3 Å². The lowest BCUT2D eigenvalue weighted by atomic mass is 10.1. The second kappa shape index (κ2) is 6.94. The Morgan fingerprint density at radius 2 is 2.38 bits per heavy atom. The van der Waals surface area contributed by atoms with Gasteiger partial charge in [-0.15, -0.1) is 11.8 Å². The average Bonchev–Trinajstić information content (AvgIpc) is 2.63. The Morgan fingerprint density at radius 1 is 1.46 bits per heavy atom. The first-order chi connectivity index (χ1) is 6.43. The smallest absolute Gasteiger partial charge is 0.0575 e. The van der Waals surface area contributed by atoms with Crippen LogP contribution in [-0.4, -0.2) is 26.3 Å². The summed E-state index contributed by atoms with van der Waals surface area (Å²) in [5.41, 5.74) is 0. The second-order valence-electron chi connectivity index (χ2n) is 3.44. The molecule has 0 aliphatic carbocycles. The van der Waals surface area contributed by atoms with Crippen molar-refractivity contribution >= 4 is 0 Å². The maximum Gasteiger partial charge on any atom is 0.0575 e. The molecule has 1 aliphatic rings. The summed E-state index contributed by atoms with van der Waals surface area (Å²) >= 11 is 0. The summed E-state index contributed by atoms with van der Waals surface area (Å²) in [5.74, 6) is 6.69. The van der Waals surface area contributed by atoms with Gasteiger partial charge < -0.3 is 10.1 Å². The van der Waals surface area contributed by atoms with Crippen LogP contribution in [0.15, 0.2) is 0 Å². The monoisotopic (exact) mass is 181 g/mol. The van der Waals surface area contributed by atoms with Crippen molar-refractivity contribution in [3.63, 3.8) is 0 Å². The SMILES string of the molecule is CC#CCCOCCC1CCNC1. The third kappa shape index (κ3) is 4.92. The maximum absolute atomic E-state index is 5.47. The predicted molar refractivity (Wildman–Crippen MR) is 54.5 cm³/mol. The fourth-order valence-electron chi connectivity index (χ4n) is 1.56. The molecular formula is C11H19NO. The zero-order valence-corrected chi connectivity index (χ0v) is 8.44. The van der Waals surface area contributed by atoms with Crippen molar-refractivity contribution in [1.29, 1.82) is 0 Å². The van der Waals surface area contributed by atoms with E-state index in [9.17, 15) is 0 Å². The molecule has 1 saturated heterocycles. The summed E-state index contributed by atoms with van der Waals surface area (Å²) in [5, 5.41) is 3.36. The normalized spacial score (nSPS) is 21.2. The number of ether oxygens (including phenoxy) is 1. The van der Waals surface area contributed by atoms with E-state index in [1.165, 1.54) is 25.9 Å². The number of nitrogens with one attached hydrogen (secondary N) is 1. The predicted octanol–water partition coefficient (Wildman–Crippen LogP) is 1.42. The maximum atomic E-state index is 5.47. The molecule has 0 aromatic carbocycles. The first kappa shape index (κ1) is 10.6. The summed E-state index contributed by atoms with van der Waals surface area (Å²) in [6, 6.07) is 0. The van der Waals surface area contributed by atoms with E-state index in [0.717, 1.165) is 25.6 Å². The van der Waals surface area contributed by atoms with E-state index in [0.29, 0.717) is 0 Å². The van der Waals surface area contributed by atoms with Crippen LogP contribution < -0.4 is 5.32 Å². The molecule has 2 heteroatoms. The Balaban J connectivity index is 1.85. The molecule has 2 nitrogen and oxygen atoms in total. The van der Waals surface area contributed by atoms with Crippen LogP contribution in [0.3, 0.4) is 0 Å². The summed E-state index contributed by atoms with van der Waals surface area (Å²) in [4.78, 5) is 0. The third-order valence-corrected chi connectivity index (χ3v) is 2.38. The van der Waals surface area contributed by atoms with Crippen LogP contribution in [0.2, 0.25) is 0 Å². The highest BCUT2D eigenvalue weighted by atomic mass is 16.5. The van der Waals surface area contributed by atoms with Gasteiger partial charge in [0, 0.05) is 13.0 Å². The second-order valence-corrected chi connectivity index (χ2v) is 3.44. The summed E-state index contributed by atoms with van der Waals surface area (Å²) in [6.45, 7) is 5.92. The molecule has 0 radical (unpaired) electrons. The number of hydrogen-bond acceptors (Lipinski definition) is 2. The van der Waals surface area contributed by atoms with Crippen LogP contribution in [0.5, 0.6) is 0 Å². The van der Waals surface area contributed by atoms with Crippen LogP contribution in [-0.2, 0) is 4.74 Å². The minimum Gasteiger partial charge on any atom is -0.380 e. The standard InChI is InChI=1S/C11H19NO/c1-2-3-4-8-13-9-6-11-5-7-12-10-11/h11-12H,4-10H2,1H3. The Morgan fingerprint density at radius 3 is 3.08 bits per heavy atom. The Labute approximate surface area is 81.0 Å². The van der Waals surface area contributed by atoms with Crippen LogP contribution in [0, 0.1) is 17.8 Å². The quantitative estimate of drug-likeness (QED) is 0.511. The van der Waals surface area contributed by atoms with E-state index in [1.54, 1.807) is 0 Å². The summed E-state index contributed by atoms with van der Waals surface area (Å²) in [6.07, 6.45) is 3.39. The number of hydrogen-bond donors (Lipinski definition) is 1. The lowest BCUT2D eigenvalue weighted by Gasteiger charge is -2.07. The highest BCUT2D eigenvalue weighted by molar-refractivity contribution is 4.94. The van der Waals surface area contributed by atoms with Gasteiger partial charge in [0.15, 0.2) is 0 Å². The van der Waals surface area contributed by atoms with Gasteiger partial charge in [0.05, 0.1) is 6.61 Å². The molecule has 0 aromatic rings.